The average Bonchev–Trinajstić information content (AvgIpc) is 3.34. The summed E-state index contributed by atoms with van der Waals surface area (Å²) in [5.74, 6) is 0.00901. The second kappa shape index (κ2) is 10.9. The van der Waals surface area contributed by atoms with Gasteiger partial charge in [-0.05, 0) is 74.6 Å². The second-order valence-electron chi connectivity index (χ2n) is 9.52. The molecule has 1 saturated heterocycles. The van der Waals surface area contributed by atoms with E-state index in [9.17, 15) is 4.79 Å². The van der Waals surface area contributed by atoms with Gasteiger partial charge in [0, 0.05) is 37.3 Å². The van der Waals surface area contributed by atoms with Crippen LogP contribution < -0.4 is 10.1 Å². The lowest BCUT2D eigenvalue weighted by Gasteiger charge is -2.36. The molecule has 184 valence electrons. The molecule has 6 heteroatoms. The second-order valence-corrected chi connectivity index (χ2v) is 9.52. The minimum Gasteiger partial charge on any atom is -0.491 e. The summed E-state index contributed by atoms with van der Waals surface area (Å²) in [6, 6.07) is 9.45. The molecular weight excluding hydrogens is 433 g/mol. The molecule has 0 unspecified atom stereocenters. The number of hydrogen-bond acceptors (Lipinski definition) is 5. The number of carbonyl (C=O) groups is 1. The normalized spacial score (nSPS) is 18.1. The van der Waals surface area contributed by atoms with E-state index in [-0.39, 0.29) is 23.5 Å². The highest BCUT2D eigenvalue weighted by Gasteiger charge is 2.37. The van der Waals surface area contributed by atoms with E-state index in [0.29, 0.717) is 44.8 Å². The summed E-state index contributed by atoms with van der Waals surface area (Å²) < 4.78 is 32.7. The number of anilines is 1. The zero-order valence-electron chi connectivity index (χ0n) is 20.5. The van der Waals surface area contributed by atoms with Crippen molar-refractivity contribution in [3.05, 3.63) is 47.3 Å². The molecule has 4 rings (SSSR count). The fourth-order valence-electron chi connectivity index (χ4n) is 5.07. The highest BCUT2D eigenvalue weighted by atomic mass is 19.1. The Kier molecular flexibility index (Phi) is 7.89. The van der Waals surface area contributed by atoms with Crippen LogP contribution in [-0.2, 0) is 20.9 Å². The third-order valence-corrected chi connectivity index (χ3v) is 7.06. The van der Waals surface area contributed by atoms with Crippen molar-refractivity contribution >= 4 is 11.5 Å². The number of aryl methyl sites for hydroxylation is 1. The number of rotatable bonds is 9. The van der Waals surface area contributed by atoms with Crippen LogP contribution in [0.5, 0.6) is 5.75 Å². The van der Waals surface area contributed by atoms with Gasteiger partial charge in [-0.15, -0.1) is 0 Å². The summed E-state index contributed by atoms with van der Waals surface area (Å²) in [7, 11) is 0. The van der Waals surface area contributed by atoms with Crippen molar-refractivity contribution in [2.24, 2.45) is 0 Å². The van der Waals surface area contributed by atoms with Gasteiger partial charge in [0.15, 0.2) is 17.3 Å². The number of carbonyl (C=O) groups excluding carboxylic acids is 1. The maximum Gasteiger partial charge on any atom is 0.172 e. The molecule has 5 nitrogen and oxygen atoms in total. The van der Waals surface area contributed by atoms with Crippen molar-refractivity contribution in [3.63, 3.8) is 0 Å². The minimum atomic E-state index is -0.639. The number of Topliss-reactive ketones (excluding diaryl/α,β-unsaturated/α-hetero) is 1. The first kappa shape index (κ1) is 24.7. The van der Waals surface area contributed by atoms with Crippen LogP contribution in [0.25, 0.3) is 11.1 Å². The van der Waals surface area contributed by atoms with Crippen molar-refractivity contribution in [2.45, 2.75) is 77.5 Å². The van der Waals surface area contributed by atoms with Crippen LogP contribution in [0.2, 0.25) is 0 Å². The molecule has 0 spiro atoms. The number of ketones is 1. The Morgan fingerprint density at radius 1 is 1.15 bits per heavy atom. The van der Waals surface area contributed by atoms with Crippen molar-refractivity contribution < 1.29 is 23.4 Å². The molecule has 34 heavy (non-hydrogen) atoms. The first-order chi connectivity index (χ1) is 16.4. The molecule has 1 aliphatic heterocycles. The summed E-state index contributed by atoms with van der Waals surface area (Å²) in [5.41, 5.74) is 3.32. The average molecular weight is 470 g/mol. The first-order valence-corrected chi connectivity index (χ1v) is 12.5. The van der Waals surface area contributed by atoms with Crippen LogP contribution in [0.3, 0.4) is 0 Å². The number of nitrogens with one attached hydrogen (secondary N) is 1. The van der Waals surface area contributed by atoms with E-state index < -0.39 is 5.54 Å². The van der Waals surface area contributed by atoms with Gasteiger partial charge in [0.2, 0.25) is 0 Å². The Bertz CT molecular complexity index is 1010. The predicted octanol–water partition coefficient (Wildman–Crippen LogP) is 6.21. The molecule has 0 atom stereocenters. The fourth-order valence-corrected chi connectivity index (χ4v) is 5.07. The van der Waals surface area contributed by atoms with E-state index in [4.69, 9.17) is 14.2 Å². The molecule has 1 heterocycles. The number of halogens is 1. The topological polar surface area (TPSA) is 56.8 Å². The standard InChI is InChI=1S/C28H36FNO4/c1-4-33-26-16-19(2)15-25(27(26)29)24-10-9-22(17-21(24)18-34-23-7-5-6-8-23)30-28(20(3)31)11-13-32-14-12-28/h9-10,15-17,23,30H,4-8,11-14,18H2,1-3H3. The van der Waals surface area contributed by atoms with Crippen molar-refractivity contribution in [3.8, 4) is 16.9 Å². The van der Waals surface area contributed by atoms with Gasteiger partial charge in [0.05, 0.1) is 19.3 Å². The molecule has 0 aromatic heterocycles. The third kappa shape index (κ3) is 5.44. The summed E-state index contributed by atoms with van der Waals surface area (Å²) in [6.45, 7) is 7.32. The van der Waals surface area contributed by atoms with E-state index in [0.717, 1.165) is 35.2 Å². The molecule has 0 radical (unpaired) electrons. The van der Waals surface area contributed by atoms with E-state index in [1.807, 2.05) is 38.1 Å². The van der Waals surface area contributed by atoms with Gasteiger partial charge in [-0.25, -0.2) is 4.39 Å². The molecule has 0 bridgehead atoms. The molecule has 2 fully saturated rings. The molecule has 1 saturated carbocycles. The van der Waals surface area contributed by atoms with Crippen molar-refractivity contribution in [1.29, 1.82) is 0 Å². The predicted molar refractivity (Wildman–Crippen MR) is 132 cm³/mol. The van der Waals surface area contributed by atoms with E-state index in [1.54, 1.807) is 13.0 Å². The summed E-state index contributed by atoms with van der Waals surface area (Å²) in [6.07, 6.45) is 6.00. The van der Waals surface area contributed by atoms with Gasteiger partial charge in [0.25, 0.3) is 0 Å². The molecule has 1 aliphatic carbocycles. The summed E-state index contributed by atoms with van der Waals surface area (Å²) in [5, 5.41) is 3.49. The molecular formula is C28H36FNO4. The Balaban J connectivity index is 1.71. The largest absolute Gasteiger partial charge is 0.491 e. The van der Waals surface area contributed by atoms with Crippen LogP contribution in [0, 0.1) is 12.7 Å². The number of benzene rings is 2. The maximum absolute atomic E-state index is 15.4. The molecule has 0 amide bonds. The van der Waals surface area contributed by atoms with E-state index in [2.05, 4.69) is 5.32 Å². The maximum atomic E-state index is 15.4. The molecule has 2 aromatic carbocycles. The summed E-state index contributed by atoms with van der Waals surface area (Å²) in [4.78, 5) is 12.6. The quantitative estimate of drug-likeness (QED) is 0.473. The van der Waals surface area contributed by atoms with Gasteiger partial charge in [0.1, 0.15) is 5.54 Å². The molecule has 2 aromatic rings. The lowest BCUT2D eigenvalue weighted by Crippen LogP contribution is -2.49. The fraction of sp³-hybridized carbons (Fsp3) is 0.536. The Morgan fingerprint density at radius 3 is 2.56 bits per heavy atom. The first-order valence-electron chi connectivity index (χ1n) is 12.5. The number of hydrogen-bond donors (Lipinski definition) is 1. The van der Waals surface area contributed by atoms with E-state index >= 15 is 4.39 Å². The lowest BCUT2D eigenvalue weighted by molar-refractivity contribution is -0.124. The van der Waals surface area contributed by atoms with Gasteiger partial charge in [-0.1, -0.05) is 18.9 Å². The smallest absolute Gasteiger partial charge is 0.172 e. The highest BCUT2D eigenvalue weighted by Crippen LogP contribution is 2.36. The van der Waals surface area contributed by atoms with Crippen LogP contribution in [0.4, 0.5) is 10.1 Å². The van der Waals surface area contributed by atoms with E-state index in [1.165, 1.54) is 12.8 Å². The van der Waals surface area contributed by atoms with Crippen molar-refractivity contribution in [1.82, 2.24) is 0 Å². The summed E-state index contributed by atoms with van der Waals surface area (Å²) >= 11 is 0. The highest BCUT2D eigenvalue weighted by molar-refractivity contribution is 5.89. The lowest BCUT2D eigenvalue weighted by atomic mass is 9.85. The Labute approximate surface area is 202 Å². The van der Waals surface area contributed by atoms with Gasteiger partial charge in [-0.2, -0.15) is 0 Å². The monoisotopic (exact) mass is 469 g/mol. The number of ether oxygens (including phenoxy) is 3. The Hall–Kier alpha value is -2.44. The van der Waals surface area contributed by atoms with Crippen LogP contribution in [0.1, 0.15) is 63.5 Å². The third-order valence-electron chi connectivity index (χ3n) is 7.06. The Morgan fingerprint density at radius 2 is 1.88 bits per heavy atom. The zero-order chi connectivity index (χ0) is 24.1. The van der Waals surface area contributed by atoms with Crippen molar-refractivity contribution in [2.75, 3.05) is 25.1 Å². The minimum absolute atomic E-state index is 0.106. The SMILES string of the molecule is CCOc1cc(C)cc(-c2ccc(NC3(C(C)=O)CCOCC3)cc2COC2CCCC2)c1F. The van der Waals surface area contributed by atoms with Crippen LogP contribution in [-0.4, -0.2) is 37.2 Å². The molecule has 2 aliphatic rings. The van der Waals surface area contributed by atoms with Crippen LogP contribution >= 0.6 is 0 Å². The van der Waals surface area contributed by atoms with Crippen LogP contribution in [0.15, 0.2) is 30.3 Å². The van der Waals surface area contributed by atoms with Gasteiger partial charge in [-0.3, -0.25) is 4.79 Å². The molecule has 1 N–H and O–H groups in total. The zero-order valence-corrected chi connectivity index (χ0v) is 20.5. The van der Waals surface area contributed by atoms with Gasteiger partial charge < -0.3 is 19.5 Å². The van der Waals surface area contributed by atoms with Gasteiger partial charge >= 0.3 is 0 Å².